The molecule has 0 radical (unpaired) electrons. The fraction of sp³-hybridized carbons (Fsp3) is 0.182. The Hall–Kier alpha value is -6.95. The second-order valence-electron chi connectivity index (χ2n) is 11.6. The zero-order valence-electron chi connectivity index (χ0n) is 27.1. The first-order chi connectivity index (χ1) is 24.9. The van der Waals surface area contributed by atoms with Crippen molar-refractivity contribution >= 4 is 34.0 Å². The number of fused-ring (bicyclic) bond motifs is 2. The normalized spacial score (nSPS) is 11.5. The average molecular weight is 687 g/mol. The predicted molar refractivity (Wildman–Crippen MR) is 185 cm³/mol. The minimum absolute atomic E-state index is 0.0410. The number of hydrogen-bond donors (Lipinski definition) is 4. The predicted octanol–water partition coefficient (Wildman–Crippen LogP) is 2.40. The number of anilines is 2. The van der Waals surface area contributed by atoms with Crippen LogP contribution in [-0.2, 0) is 24.2 Å². The molecule has 0 saturated carbocycles. The van der Waals surface area contributed by atoms with Crippen LogP contribution < -0.4 is 22.4 Å². The summed E-state index contributed by atoms with van der Waals surface area (Å²) in [5.41, 5.74) is 9.77. The number of aromatic amines is 2. The van der Waals surface area contributed by atoms with Gasteiger partial charge in [-0.2, -0.15) is 15.1 Å². The number of nitrogens with two attached hydrogens (primary N) is 1. The van der Waals surface area contributed by atoms with Crippen LogP contribution in [0.1, 0.15) is 22.6 Å². The van der Waals surface area contributed by atoms with E-state index < -0.39 is 0 Å². The Morgan fingerprint density at radius 1 is 0.843 bits per heavy atom. The molecular weight excluding hydrogens is 656 g/mol. The third-order valence-corrected chi connectivity index (χ3v) is 8.01. The molecule has 8 aromatic rings. The largest absolute Gasteiger partial charge is 0.418 e. The summed E-state index contributed by atoms with van der Waals surface area (Å²) in [6, 6.07) is 19.2. The van der Waals surface area contributed by atoms with Crippen molar-refractivity contribution in [3.8, 4) is 17.7 Å². The third-order valence-electron chi connectivity index (χ3n) is 8.01. The Labute approximate surface area is 287 Å². The van der Waals surface area contributed by atoms with Crippen molar-refractivity contribution in [1.29, 1.82) is 0 Å². The molecule has 8 rings (SSSR count). The molecule has 18 nitrogen and oxygen atoms in total. The molecule has 0 fully saturated rings. The number of imidazole rings is 2. The highest BCUT2D eigenvalue weighted by atomic mass is 16.5. The number of nitrogens with one attached hydrogen (secondary N) is 3. The third kappa shape index (κ3) is 6.33. The van der Waals surface area contributed by atoms with Gasteiger partial charge in [0.2, 0.25) is 11.7 Å². The van der Waals surface area contributed by atoms with Gasteiger partial charge < -0.3 is 30.2 Å². The van der Waals surface area contributed by atoms with E-state index in [1.165, 1.54) is 4.57 Å². The summed E-state index contributed by atoms with van der Waals surface area (Å²) < 4.78 is 16.2. The minimum Gasteiger partial charge on any atom is -0.418 e. The van der Waals surface area contributed by atoms with Gasteiger partial charge in [-0.15, -0.1) is 10.2 Å². The molecule has 0 bridgehead atoms. The van der Waals surface area contributed by atoms with Gasteiger partial charge in [0.25, 0.3) is 11.8 Å². The second-order valence-corrected chi connectivity index (χ2v) is 11.6. The summed E-state index contributed by atoms with van der Waals surface area (Å²) in [5, 5.41) is 15.7. The van der Waals surface area contributed by atoms with E-state index in [0.29, 0.717) is 34.7 Å². The van der Waals surface area contributed by atoms with Crippen molar-refractivity contribution < 1.29 is 9.15 Å². The SMILES string of the molecule is Cc1cnn(-c2nc(NCOCCc3nnc(-c4nc(N)c5[nH]c(=O)n(Cc6ccccc6)c5n4)o3)c3[nH]c(=O)n(Cc4ccccc4)c3n2)c1. The molecule has 5 N–H and O–H groups in total. The monoisotopic (exact) mass is 686 g/mol. The Kier molecular flexibility index (Phi) is 8.08. The number of aromatic nitrogens is 12. The molecule has 0 aliphatic rings. The van der Waals surface area contributed by atoms with Gasteiger partial charge in [0.05, 0.1) is 25.9 Å². The average Bonchev–Trinajstić information content (AvgIpc) is 3.93. The van der Waals surface area contributed by atoms with E-state index in [1.54, 1.807) is 21.6 Å². The van der Waals surface area contributed by atoms with Gasteiger partial charge in [0.1, 0.15) is 17.8 Å². The number of nitrogens with zero attached hydrogens (tertiary/aromatic N) is 10. The molecule has 51 heavy (non-hydrogen) atoms. The smallest absolute Gasteiger partial charge is 0.328 e. The molecular formula is C33H30N14O4. The van der Waals surface area contributed by atoms with Crippen molar-refractivity contribution in [1.82, 2.24) is 59.0 Å². The summed E-state index contributed by atoms with van der Waals surface area (Å²) in [6.45, 7) is 2.77. The first-order valence-electron chi connectivity index (χ1n) is 15.9. The molecule has 0 amide bonds. The van der Waals surface area contributed by atoms with Crippen LogP contribution in [0.2, 0.25) is 0 Å². The molecule has 0 unspecified atom stereocenters. The van der Waals surface area contributed by atoms with Crippen LogP contribution in [0.5, 0.6) is 0 Å². The van der Waals surface area contributed by atoms with Gasteiger partial charge in [-0.05, 0) is 23.6 Å². The first kappa shape index (κ1) is 31.3. The summed E-state index contributed by atoms with van der Waals surface area (Å²) in [7, 11) is 0. The highest BCUT2D eigenvalue weighted by Gasteiger charge is 2.20. The molecule has 6 heterocycles. The Balaban J connectivity index is 0.964. The molecule has 0 aliphatic carbocycles. The lowest BCUT2D eigenvalue weighted by atomic mass is 10.2. The van der Waals surface area contributed by atoms with Gasteiger partial charge >= 0.3 is 11.4 Å². The van der Waals surface area contributed by atoms with Crippen LogP contribution in [0, 0.1) is 6.92 Å². The Bertz CT molecular complexity index is 2600. The number of aryl methyl sites for hydroxylation is 1. The summed E-state index contributed by atoms with van der Waals surface area (Å²) in [6.07, 6.45) is 3.77. The maximum atomic E-state index is 13.1. The van der Waals surface area contributed by atoms with Crippen molar-refractivity contribution in [2.45, 2.75) is 26.4 Å². The van der Waals surface area contributed by atoms with Crippen LogP contribution in [0.15, 0.2) is 87.1 Å². The molecule has 0 atom stereocenters. The van der Waals surface area contributed by atoms with Crippen LogP contribution >= 0.6 is 0 Å². The lowest BCUT2D eigenvalue weighted by Gasteiger charge is -2.10. The van der Waals surface area contributed by atoms with E-state index in [4.69, 9.17) is 14.9 Å². The zero-order chi connectivity index (χ0) is 34.9. The van der Waals surface area contributed by atoms with E-state index in [0.717, 1.165) is 16.7 Å². The number of nitrogen functional groups attached to an aromatic ring is 1. The van der Waals surface area contributed by atoms with Crippen LogP contribution in [0.25, 0.3) is 40.0 Å². The quantitative estimate of drug-likeness (QED) is 0.107. The van der Waals surface area contributed by atoms with E-state index in [2.05, 4.69) is 50.5 Å². The Morgan fingerprint density at radius 2 is 1.51 bits per heavy atom. The van der Waals surface area contributed by atoms with Crippen molar-refractivity contribution in [3.63, 3.8) is 0 Å². The first-order valence-corrected chi connectivity index (χ1v) is 15.9. The molecule has 18 heteroatoms. The standard InChI is InChI=1S/C33H30N14O4/c1-19-14-36-47(15-19)31-41-26(24-29(42-31)46(33(49)38-24)17-21-10-6-3-7-11-21)35-18-50-13-12-22-43-44-30(51-22)27-39-25(34)23-28(40-27)45(32(48)37-23)16-20-8-4-2-5-9-20/h2-11,14-15H,12-13,16-18H2,1H3,(H,37,48)(H,38,49)(H2,34,39,40)(H,35,41,42). The number of ether oxygens (including phenoxy) is 1. The highest BCUT2D eigenvalue weighted by Crippen LogP contribution is 2.22. The van der Waals surface area contributed by atoms with Crippen LogP contribution in [0.3, 0.4) is 0 Å². The van der Waals surface area contributed by atoms with Crippen molar-refractivity contribution in [2.24, 2.45) is 0 Å². The van der Waals surface area contributed by atoms with Gasteiger partial charge in [0.15, 0.2) is 22.9 Å². The van der Waals surface area contributed by atoms with Gasteiger partial charge in [-0.3, -0.25) is 9.13 Å². The molecule has 0 spiro atoms. The summed E-state index contributed by atoms with van der Waals surface area (Å²) in [5.74, 6) is 1.15. The molecule has 2 aromatic carbocycles. The lowest BCUT2D eigenvalue weighted by Crippen LogP contribution is -2.18. The van der Waals surface area contributed by atoms with E-state index in [-0.39, 0.29) is 67.1 Å². The fourth-order valence-electron chi connectivity index (χ4n) is 5.54. The number of hydrogen-bond acceptors (Lipinski definition) is 13. The van der Waals surface area contributed by atoms with E-state index in [1.807, 2.05) is 67.6 Å². The minimum atomic E-state index is -0.365. The second kappa shape index (κ2) is 13.2. The molecule has 0 aliphatic heterocycles. The van der Waals surface area contributed by atoms with E-state index in [9.17, 15) is 9.59 Å². The fourth-order valence-corrected chi connectivity index (χ4v) is 5.54. The summed E-state index contributed by atoms with van der Waals surface area (Å²) >= 11 is 0. The van der Waals surface area contributed by atoms with Crippen molar-refractivity contribution in [3.05, 3.63) is 117 Å². The number of rotatable bonds is 12. The van der Waals surface area contributed by atoms with Crippen LogP contribution in [0.4, 0.5) is 11.6 Å². The van der Waals surface area contributed by atoms with E-state index >= 15 is 0 Å². The lowest BCUT2D eigenvalue weighted by molar-refractivity contribution is 0.150. The molecule has 0 saturated heterocycles. The van der Waals surface area contributed by atoms with Gasteiger partial charge in [0, 0.05) is 12.6 Å². The zero-order valence-corrected chi connectivity index (χ0v) is 27.1. The summed E-state index contributed by atoms with van der Waals surface area (Å²) in [4.78, 5) is 49.5. The Morgan fingerprint density at radius 3 is 2.18 bits per heavy atom. The topological polar surface area (TPSA) is 231 Å². The van der Waals surface area contributed by atoms with Crippen molar-refractivity contribution in [2.75, 3.05) is 24.4 Å². The number of benzene rings is 2. The van der Waals surface area contributed by atoms with Gasteiger partial charge in [-0.1, -0.05) is 60.7 Å². The maximum Gasteiger partial charge on any atom is 0.328 e. The maximum absolute atomic E-state index is 13.1. The van der Waals surface area contributed by atoms with Crippen LogP contribution in [-0.4, -0.2) is 72.4 Å². The molecule has 256 valence electrons. The highest BCUT2D eigenvalue weighted by molar-refractivity contribution is 5.84. The number of H-pyrrole nitrogens is 2. The van der Waals surface area contributed by atoms with Gasteiger partial charge in [-0.25, -0.2) is 24.2 Å². The molecule has 6 aromatic heterocycles.